The first-order valence-corrected chi connectivity index (χ1v) is 44.3. The second-order valence-electron chi connectivity index (χ2n) is 33.6. The largest absolute Gasteiger partial charge is 0.460 e. The van der Waals surface area contributed by atoms with Crippen molar-refractivity contribution in [1.82, 2.24) is 0 Å². The van der Waals surface area contributed by atoms with E-state index in [0.29, 0.717) is 36.9 Å². The molecule has 9 heterocycles. The number of carbonyl (C=O) groups is 5. The molecule has 0 aromatic heterocycles. The van der Waals surface area contributed by atoms with Crippen LogP contribution in [0.5, 0.6) is 0 Å². The Hall–Kier alpha value is -8.66. The van der Waals surface area contributed by atoms with Crippen molar-refractivity contribution in [3.8, 4) is 0 Å². The van der Waals surface area contributed by atoms with E-state index < -0.39 is 226 Å². The number of hydrogen-bond donors (Lipinski definition) is 3. The number of Topliss-reactive ketones (excluding diaryl/α,β-unsaturated/α-hetero) is 1. The Labute approximate surface area is 737 Å². The summed E-state index contributed by atoms with van der Waals surface area (Å²) in [6, 6.07) is 50.2. The number of ketones is 1. The van der Waals surface area contributed by atoms with Gasteiger partial charge in [-0.05, 0) is 81.0 Å². The Morgan fingerprint density at radius 1 is 0.409 bits per heavy atom. The van der Waals surface area contributed by atoms with Crippen LogP contribution in [0.1, 0.15) is 166 Å². The third-order valence-electron chi connectivity index (χ3n) is 24.9. The summed E-state index contributed by atoms with van der Waals surface area (Å²) in [6.45, 7) is 13.2. The predicted octanol–water partition coefficient (Wildman–Crippen LogP) is 11.2. The van der Waals surface area contributed by atoms with Crippen molar-refractivity contribution in [2.75, 3.05) is 33.0 Å². The summed E-state index contributed by atoms with van der Waals surface area (Å²) in [5.74, 6) is -4.85. The lowest BCUT2D eigenvalue weighted by Gasteiger charge is -2.49. The molecule has 15 rings (SSSR count). The number of ether oxygens (including phenoxy) is 22. The van der Waals surface area contributed by atoms with Crippen molar-refractivity contribution in [1.29, 1.82) is 0 Å². The molecule has 0 aliphatic carbocycles. The number of carbonyl (C=O) groups excluding carboxylic acids is 5. The molecular formula is C94H116N6O27. The molecule has 0 radical (unpaired) electrons. The Morgan fingerprint density at radius 3 is 1.08 bits per heavy atom. The summed E-state index contributed by atoms with van der Waals surface area (Å²) in [7, 11) is 0. The van der Waals surface area contributed by atoms with E-state index in [0.717, 1.165) is 5.56 Å². The minimum absolute atomic E-state index is 0.0166. The third-order valence-corrected chi connectivity index (χ3v) is 24.9. The average Bonchev–Trinajstić information content (AvgIpc) is 1.71. The molecule has 0 spiro atoms. The normalized spacial score (nSPS) is 35.3. The molecule has 33 nitrogen and oxygen atoms in total. The zero-order valence-electron chi connectivity index (χ0n) is 72.2. The van der Waals surface area contributed by atoms with Gasteiger partial charge in [0.2, 0.25) is 0 Å². The van der Waals surface area contributed by atoms with Gasteiger partial charge >= 0.3 is 23.9 Å². The number of esters is 4. The van der Waals surface area contributed by atoms with Crippen LogP contribution in [0.3, 0.4) is 0 Å². The van der Waals surface area contributed by atoms with Crippen molar-refractivity contribution in [2.24, 2.45) is 40.1 Å². The molecule has 21 unspecified atom stereocenters. The number of azide groups is 1. The number of nitrogens with zero attached hydrogens (tertiary/aromatic N) is 3. The highest BCUT2D eigenvalue weighted by Gasteiger charge is 2.61. The molecule has 0 saturated carbocycles. The first-order chi connectivity index (χ1) is 61.8. The fourth-order valence-corrected chi connectivity index (χ4v) is 18.0. The fourth-order valence-electron chi connectivity index (χ4n) is 18.0. The number of benzene rings is 6. The summed E-state index contributed by atoms with van der Waals surface area (Å²) in [6.07, 6.45) is -25.7. The molecule has 6 N–H and O–H groups in total. The van der Waals surface area contributed by atoms with Crippen molar-refractivity contribution in [3.63, 3.8) is 0 Å². The molecule has 0 bridgehead atoms. The molecule has 9 saturated heterocycles. The van der Waals surface area contributed by atoms with Crippen LogP contribution >= 0.6 is 0 Å². The molecule has 33 atom stereocenters. The highest BCUT2D eigenvalue weighted by atomic mass is 16.8. The summed E-state index contributed by atoms with van der Waals surface area (Å²) in [5, 5.41) is 3.66. The molecule has 127 heavy (non-hydrogen) atoms. The van der Waals surface area contributed by atoms with Gasteiger partial charge in [-0.2, -0.15) is 0 Å². The van der Waals surface area contributed by atoms with Crippen LogP contribution in [0.2, 0.25) is 0 Å². The van der Waals surface area contributed by atoms with Gasteiger partial charge in [0.25, 0.3) is 0 Å². The van der Waals surface area contributed by atoms with Gasteiger partial charge in [-0.15, -0.1) is 0 Å². The van der Waals surface area contributed by atoms with E-state index in [1.807, 2.05) is 133 Å². The van der Waals surface area contributed by atoms with Gasteiger partial charge in [0.15, 0.2) is 74.9 Å². The minimum Gasteiger partial charge on any atom is -0.460 e. The first kappa shape index (κ1) is 93.0. The van der Waals surface area contributed by atoms with E-state index in [1.165, 1.54) is 6.92 Å². The number of nitrogens with two attached hydrogens (primary N) is 3. The molecule has 6 aromatic rings. The Bertz CT molecular complexity index is 4560. The molecule has 684 valence electrons. The van der Waals surface area contributed by atoms with Crippen LogP contribution in [0.15, 0.2) is 187 Å². The van der Waals surface area contributed by atoms with E-state index in [9.17, 15) is 24.0 Å². The molecule has 0 amide bonds. The van der Waals surface area contributed by atoms with E-state index in [4.69, 9.17) is 127 Å². The van der Waals surface area contributed by atoms with Crippen molar-refractivity contribution in [3.05, 3.63) is 226 Å². The van der Waals surface area contributed by atoms with Gasteiger partial charge in [-0.25, -0.2) is 14.4 Å². The lowest BCUT2D eigenvalue weighted by molar-refractivity contribution is -0.372. The van der Waals surface area contributed by atoms with E-state index >= 15 is 0 Å². The lowest BCUT2D eigenvalue weighted by Crippen LogP contribution is -2.67. The van der Waals surface area contributed by atoms with Gasteiger partial charge in [0, 0.05) is 58.9 Å². The quantitative estimate of drug-likeness (QED) is 0.00821. The summed E-state index contributed by atoms with van der Waals surface area (Å²) < 4.78 is 149. The maximum Gasteiger partial charge on any atom is 0.338 e. The number of rotatable bonds is 36. The average molecular weight is 1760 g/mol. The summed E-state index contributed by atoms with van der Waals surface area (Å²) in [5.41, 5.74) is 34.2. The number of fused-ring (bicyclic) bond motifs is 3. The maximum absolute atomic E-state index is 14.7. The van der Waals surface area contributed by atoms with Crippen LogP contribution in [-0.4, -0.2) is 228 Å². The number of hydrogen-bond acceptors (Lipinski definition) is 31. The summed E-state index contributed by atoms with van der Waals surface area (Å²) >= 11 is 0. The van der Waals surface area contributed by atoms with E-state index in [2.05, 4.69) is 10.0 Å². The topological polar surface area (TPSA) is 415 Å². The third kappa shape index (κ3) is 22.0. The Kier molecular flexibility index (Phi) is 32.1. The van der Waals surface area contributed by atoms with Crippen LogP contribution in [0, 0.1) is 17.8 Å². The van der Waals surface area contributed by atoms with Gasteiger partial charge in [0.1, 0.15) is 72.9 Å². The SMILES string of the molecule is CC[C@@H](OC(=O)CCC(C)=O)[C@@H]1O[C@@H](OC2C(N)C(O[C@H](CC)[C@@H]3O[C@@H](OC4C(N)C(O[C@H](CC)[C@@H]5O[C@@H](OC6C(N)C(OCCCCCN=[N+]=[N-])OC7COC(c8ccccc8)OC76)C(OC(=O)c6ccccc6)[C@@H]5C)OC5COC(c6ccccc6)OC54)C(OC(=O)c4ccccc4)[C@@H]3C)OC3COC(c4ccccc4)OC32)C(OC(=O)c2ccccc2)[C@@H]1C. The highest BCUT2D eigenvalue weighted by Crippen LogP contribution is 2.47. The Balaban J connectivity index is 0.717. The second-order valence-corrected chi connectivity index (χ2v) is 33.6. The van der Waals surface area contributed by atoms with Crippen LogP contribution in [0.4, 0.5) is 0 Å². The summed E-state index contributed by atoms with van der Waals surface area (Å²) in [4.78, 5) is 71.7. The van der Waals surface area contributed by atoms with Crippen molar-refractivity contribution < 1.29 is 128 Å². The van der Waals surface area contributed by atoms with Crippen LogP contribution in [-0.2, 0) is 114 Å². The predicted molar refractivity (Wildman–Crippen MR) is 449 cm³/mol. The maximum atomic E-state index is 14.7. The number of unbranched alkanes of at least 4 members (excludes halogenated alkanes) is 2. The van der Waals surface area contributed by atoms with Crippen LogP contribution in [0.25, 0.3) is 10.4 Å². The molecule has 33 heteroatoms. The monoisotopic (exact) mass is 1760 g/mol. The molecule has 9 aliphatic rings. The van der Waals surface area contributed by atoms with Crippen molar-refractivity contribution in [2.45, 2.75) is 284 Å². The highest BCUT2D eigenvalue weighted by molar-refractivity contribution is 5.90. The molecule has 9 fully saturated rings. The van der Waals surface area contributed by atoms with Gasteiger partial charge in [0.05, 0.1) is 85.5 Å². The van der Waals surface area contributed by atoms with E-state index in [-0.39, 0.29) is 81.0 Å². The van der Waals surface area contributed by atoms with Gasteiger partial charge in [-0.3, -0.25) is 4.79 Å². The van der Waals surface area contributed by atoms with Gasteiger partial charge in [-0.1, -0.05) is 199 Å². The Morgan fingerprint density at radius 2 is 0.740 bits per heavy atom. The standard InChI is InChI=1S/C94H116N6O27/c1-8-61(110-67(102)45-44-51(4)101)71-52(5)74(116-83(103)55-32-18-11-19-33-55)92(119-71)126-81-69(96)90(114-65-49-108-87(123-78(65)81)59-40-26-15-27-41-59)112-63(10-3)73-54(7)76(118-85(105)57-36-22-13-23-37-57)94(121-73)127-82-70(97)91(115-66-50-109-88(124-79(66)82)60-42-28-16-29-43-60)111-62(9-2)72-53(6)75(117-84(104)56-34-20-12-21-35-56)93(120-72)125-80-68(95)89(106-47-31-17-30-46-99-100-98)113-64-48-107-86(122-77(64)80)58-38-24-14-25-39-58/h11-16,18-29,32-43,52-54,61-66,68-82,86-94H,8-10,17,30-31,44-50,95-97H2,1-7H3/t52-,53-,54-,61-,62-,63-,64?,65?,66?,68?,69?,70?,71-,72-,73-,74?,75?,76?,77?,78?,79?,80?,81?,82?,86?,87?,88?,89?,90?,91?,92+,93+,94+/m1/s1. The zero-order valence-corrected chi connectivity index (χ0v) is 72.2. The molecular weight excluding hydrogens is 1650 g/mol. The minimum atomic E-state index is -1.43. The molecule has 6 aromatic carbocycles. The zero-order chi connectivity index (χ0) is 88.8. The first-order valence-electron chi connectivity index (χ1n) is 44.3. The lowest BCUT2D eigenvalue weighted by atomic mass is 9.93. The van der Waals surface area contributed by atoms with Crippen LogP contribution < -0.4 is 17.2 Å². The fraction of sp³-hybridized carbons (Fsp3) is 0.564. The van der Waals surface area contributed by atoms with Gasteiger partial charge < -0.3 is 126 Å². The van der Waals surface area contributed by atoms with Crippen molar-refractivity contribution >= 4 is 29.7 Å². The molecule has 9 aliphatic heterocycles. The van der Waals surface area contributed by atoms with E-state index in [1.54, 1.807) is 91.0 Å². The second kappa shape index (κ2) is 43.8. The smallest absolute Gasteiger partial charge is 0.338 e.